The number of β-amino-alcohol motifs (C(OH)–C–C–N with tert-alkyl or cyclic N) is 1. The smallest absolute Gasteiger partial charge is 0.132 e. The van der Waals surface area contributed by atoms with Gasteiger partial charge in [-0.2, -0.15) is 0 Å². The Kier molecular flexibility index (Phi) is 4.87. The predicted octanol–water partition coefficient (Wildman–Crippen LogP) is -0.810. The summed E-state index contributed by atoms with van der Waals surface area (Å²) in [4.78, 5) is 12.7. The normalized spacial score (nSPS) is 23.8. The summed E-state index contributed by atoms with van der Waals surface area (Å²) in [7, 11) is 0. The quantitative estimate of drug-likeness (QED) is 0.655. The third-order valence-electron chi connectivity index (χ3n) is 4.46. The maximum Gasteiger partial charge on any atom is 0.132 e. The fourth-order valence-electron chi connectivity index (χ4n) is 2.98. The highest BCUT2D eigenvalue weighted by molar-refractivity contribution is 5.41. The number of aliphatic hydroxyl groups is 3. The lowest BCUT2D eigenvalue weighted by Gasteiger charge is -2.28. The van der Waals surface area contributed by atoms with Crippen LogP contribution in [0.4, 0.5) is 5.82 Å². The second kappa shape index (κ2) is 6.87. The molecule has 1 atom stereocenters. The second-order valence-corrected chi connectivity index (χ2v) is 6.19. The van der Waals surface area contributed by atoms with Crippen molar-refractivity contribution < 1.29 is 15.3 Å². The Labute approximate surface area is 130 Å². The van der Waals surface area contributed by atoms with E-state index in [2.05, 4.69) is 14.9 Å². The Hall–Kier alpha value is -1.28. The minimum Gasteiger partial charge on any atom is -0.395 e. The zero-order valence-electron chi connectivity index (χ0n) is 12.7. The van der Waals surface area contributed by atoms with Gasteiger partial charge in [-0.05, 0) is 12.8 Å². The molecule has 122 valence electrons. The van der Waals surface area contributed by atoms with Gasteiger partial charge in [-0.15, -0.1) is 0 Å². The second-order valence-electron chi connectivity index (χ2n) is 6.19. The van der Waals surface area contributed by atoms with Gasteiger partial charge in [-0.1, -0.05) is 0 Å². The fourth-order valence-corrected chi connectivity index (χ4v) is 2.98. The molecule has 0 aromatic carbocycles. The van der Waals surface area contributed by atoms with Crippen molar-refractivity contribution in [2.75, 3.05) is 44.3 Å². The van der Waals surface area contributed by atoms with Crippen LogP contribution < -0.4 is 4.90 Å². The average molecular weight is 308 g/mol. The van der Waals surface area contributed by atoms with Crippen LogP contribution in [-0.2, 0) is 0 Å². The number of aromatic nitrogens is 2. The van der Waals surface area contributed by atoms with Crippen molar-refractivity contribution in [3.63, 3.8) is 0 Å². The van der Waals surface area contributed by atoms with Crippen LogP contribution in [-0.4, -0.2) is 81.7 Å². The molecule has 1 saturated heterocycles. The van der Waals surface area contributed by atoms with Gasteiger partial charge in [0.2, 0.25) is 0 Å². The summed E-state index contributed by atoms with van der Waals surface area (Å²) in [6.45, 7) is 2.11. The van der Waals surface area contributed by atoms with Crippen molar-refractivity contribution in [2.24, 2.45) is 0 Å². The van der Waals surface area contributed by atoms with Crippen LogP contribution in [0.25, 0.3) is 0 Å². The zero-order chi connectivity index (χ0) is 15.5. The molecule has 1 aliphatic heterocycles. The van der Waals surface area contributed by atoms with Crippen molar-refractivity contribution in [3.8, 4) is 0 Å². The van der Waals surface area contributed by atoms with Crippen LogP contribution in [0.15, 0.2) is 12.4 Å². The number of anilines is 1. The molecular formula is C15H24N4O3. The minimum absolute atomic E-state index is 0.109. The largest absolute Gasteiger partial charge is 0.395 e. The third-order valence-corrected chi connectivity index (χ3v) is 4.46. The summed E-state index contributed by atoms with van der Waals surface area (Å²) in [5.41, 5.74) is 1.09. The molecule has 0 bridgehead atoms. The molecule has 2 fully saturated rings. The first-order valence-electron chi connectivity index (χ1n) is 7.92. The van der Waals surface area contributed by atoms with Crippen molar-refractivity contribution in [3.05, 3.63) is 18.1 Å². The van der Waals surface area contributed by atoms with Crippen LogP contribution in [0.5, 0.6) is 0 Å². The Balaban J connectivity index is 1.71. The van der Waals surface area contributed by atoms with E-state index in [-0.39, 0.29) is 19.3 Å². The molecule has 2 heterocycles. The third kappa shape index (κ3) is 3.55. The number of hydrogen-bond donors (Lipinski definition) is 3. The molecule has 1 saturated carbocycles. The van der Waals surface area contributed by atoms with E-state index in [9.17, 15) is 15.3 Å². The molecule has 2 aliphatic rings. The first-order valence-corrected chi connectivity index (χ1v) is 7.92. The topological polar surface area (TPSA) is 93.0 Å². The highest BCUT2D eigenvalue weighted by Gasteiger charge is 2.28. The maximum absolute atomic E-state index is 10.2. The van der Waals surface area contributed by atoms with Gasteiger partial charge in [0.15, 0.2) is 0 Å². The van der Waals surface area contributed by atoms with Gasteiger partial charge >= 0.3 is 0 Å². The Morgan fingerprint density at radius 3 is 2.59 bits per heavy atom. The summed E-state index contributed by atoms with van der Waals surface area (Å²) in [5.74, 6) is 1.42. The summed E-state index contributed by atoms with van der Waals surface area (Å²) < 4.78 is 0. The lowest BCUT2D eigenvalue weighted by molar-refractivity contribution is 0.0483. The van der Waals surface area contributed by atoms with E-state index < -0.39 is 6.10 Å². The van der Waals surface area contributed by atoms with E-state index in [0.29, 0.717) is 32.1 Å². The lowest BCUT2D eigenvalue weighted by Crippen LogP contribution is -2.44. The molecule has 3 N–H and O–H groups in total. The van der Waals surface area contributed by atoms with E-state index in [0.717, 1.165) is 11.5 Å². The molecule has 0 spiro atoms. The Bertz CT molecular complexity index is 493. The van der Waals surface area contributed by atoms with Gasteiger partial charge in [-0.3, -0.25) is 4.90 Å². The van der Waals surface area contributed by atoms with Crippen molar-refractivity contribution in [1.29, 1.82) is 0 Å². The molecule has 1 unspecified atom stereocenters. The van der Waals surface area contributed by atoms with Crippen molar-refractivity contribution >= 4 is 5.82 Å². The van der Waals surface area contributed by atoms with Gasteiger partial charge in [0.25, 0.3) is 0 Å². The van der Waals surface area contributed by atoms with E-state index >= 15 is 0 Å². The summed E-state index contributed by atoms with van der Waals surface area (Å²) >= 11 is 0. The predicted molar refractivity (Wildman–Crippen MR) is 81.8 cm³/mol. The monoisotopic (exact) mass is 308 g/mol. The van der Waals surface area contributed by atoms with Crippen LogP contribution >= 0.6 is 0 Å². The molecule has 1 aromatic heterocycles. The first-order chi connectivity index (χ1) is 10.7. The van der Waals surface area contributed by atoms with Crippen LogP contribution in [0.1, 0.15) is 24.5 Å². The van der Waals surface area contributed by atoms with Crippen LogP contribution in [0.2, 0.25) is 0 Å². The van der Waals surface area contributed by atoms with Gasteiger partial charge in [-0.25, -0.2) is 9.97 Å². The standard InChI is InChI=1S/C15H24N4O3/c20-8-12(9-21)18-3-4-19(7-13(22)6-18)15-5-14(11-1-2-11)16-10-17-15/h5,10-13,20-22H,1-4,6-9H2. The first kappa shape index (κ1) is 15.6. The SMILES string of the molecule is OCC(CO)N1CCN(c2cc(C3CC3)ncn2)CC(O)C1. The highest BCUT2D eigenvalue weighted by Crippen LogP contribution is 2.39. The lowest BCUT2D eigenvalue weighted by atomic mass is 10.2. The number of nitrogens with zero attached hydrogens (tertiary/aromatic N) is 4. The molecule has 3 rings (SSSR count). The number of rotatable bonds is 5. The minimum atomic E-state index is -0.539. The van der Waals surface area contributed by atoms with Gasteiger partial charge < -0.3 is 20.2 Å². The van der Waals surface area contributed by atoms with E-state index in [4.69, 9.17) is 0 Å². The van der Waals surface area contributed by atoms with Crippen molar-refractivity contribution in [1.82, 2.24) is 14.9 Å². The molecule has 0 radical (unpaired) electrons. The fraction of sp³-hybridized carbons (Fsp3) is 0.733. The molecule has 1 aromatic rings. The Morgan fingerprint density at radius 1 is 1.14 bits per heavy atom. The van der Waals surface area contributed by atoms with Crippen LogP contribution in [0.3, 0.4) is 0 Å². The molecule has 1 aliphatic carbocycles. The molecule has 0 amide bonds. The number of hydrogen-bond acceptors (Lipinski definition) is 7. The molecule has 22 heavy (non-hydrogen) atoms. The maximum atomic E-state index is 10.2. The van der Waals surface area contributed by atoms with Gasteiger partial charge in [0.05, 0.1) is 25.4 Å². The van der Waals surface area contributed by atoms with Gasteiger partial charge in [0.1, 0.15) is 12.1 Å². The molecular weight excluding hydrogens is 284 g/mol. The van der Waals surface area contributed by atoms with Crippen LogP contribution in [0, 0.1) is 0 Å². The van der Waals surface area contributed by atoms with E-state index in [1.807, 2.05) is 11.0 Å². The molecule has 7 nitrogen and oxygen atoms in total. The van der Waals surface area contributed by atoms with Crippen molar-refractivity contribution in [2.45, 2.75) is 30.9 Å². The van der Waals surface area contributed by atoms with Gasteiger partial charge in [0, 0.05) is 43.9 Å². The average Bonchev–Trinajstić information content (AvgIpc) is 3.36. The number of aliphatic hydroxyl groups excluding tert-OH is 3. The van der Waals surface area contributed by atoms with E-state index in [1.165, 1.54) is 12.8 Å². The molecule has 7 heteroatoms. The zero-order valence-corrected chi connectivity index (χ0v) is 12.7. The summed E-state index contributed by atoms with van der Waals surface area (Å²) in [6.07, 6.45) is 3.45. The Morgan fingerprint density at radius 2 is 1.91 bits per heavy atom. The van der Waals surface area contributed by atoms with E-state index in [1.54, 1.807) is 6.33 Å². The summed E-state index contributed by atoms with van der Waals surface area (Å²) in [6, 6.07) is 1.71. The summed E-state index contributed by atoms with van der Waals surface area (Å²) in [5, 5.41) is 28.9. The highest BCUT2D eigenvalue weighted by atomic mass is 16.3.